The second-order valence-corrected chi connectivity index (χ2v) is 7.24. The van der Waals surface area contributed by atoms with Gasteiger partial charge in [0.15, 0.2) is 0 Å². The molecular weight excluding hydrogens is 334 g/mol. The van der Waals surface area contributed by atoms with E-state index in [0.717, 1.165) is 0 Å². The fourth-order valence-corrected chi connectivity index (χ4v) is 4.79. The smallest absolute Gasteiger partial charge is 0.243 e. The predicted molar refractivity (Wildman–Crippen MR) is 91.8 cm³/mol. The summed E-state index contributed by atoms with van der Waals surface area (Å²) < 4.78 is 13.0. The quantitative estimate of drug-likeness (QED) is 0.589. The molecule has 3 fully saturated rings. The SMILES string of the molecule is O=C(C1C2C(S)OC3C=CC=CC3C2NN1S)N1CCOCC1. The molecule has 0 aromatic heterocycles. The van der Waals surface area contributed by atoms with Gasteiger partial charge in [0.2, 0.25) is 5.91 Å². The number of amides is 1. The van der Waals surface area contributed by atoms with E-state index in [1.807, 2.05) is 23.1 Å². The van der Waals surface area contributed by atoms with Gasteiger partial charge >= 0.3 is 0 Å². The second-order valence-electron chi connectivity index (χ2n) is 6.30. The minimum Gasteiger partial charge on any atom is -0.378 e. The van der Waals surface area contributed by atoms with Crippen molar-refractivity contribution < 1.29 is 14.3 Å². The number of nitrogens with one attached hydrogen (secondary N) is 1. The standard InChI is InChI=1S/C15H21N3O3S2/c19-14(17-5-7-20-8-6-17)13-11-12(16-18(13)23)9-3-1-2-4-10(9)21-15(11)22/h1-4,9-13,15-16,22-23H,5-8H2. The molecule has 3 saturated heterocycles. The highest BCUT2D eigenvalue weighted by Gasteiger charge is 2.55. The molecule has 0 aromatic carbocycles. The summed E-state index contributed by atoms with van der Waals surface area (Å²) >= 11 is 9.14. The number of allylic oxidation sites excluding steroid dienone is 2. The van der Waals surface area contributed by atoms with Crippen molar-refractivity contribution >= 4 is 31.4 Å². The van der Waals surface area contributed by atoms with Crippen LogP contribution in [0.4, 0.5) is 0 Å². The molecule has 1 amide bonds. The Bertz CT molecular complexity index is 538. The summed E-state index contributed by atoms with van der Waals surface area (Å²) in [6, 6.07) is -0.297. The van der Waals surface area contributed by atoms with Gasteiger partial charge < -0.3 is 14.4 Å². The van der Waals surface area contributed by atoms with Crippen LogP contribution in [0.1, 0.15) is 0 Å². The minimum atomic E-state index is -0.385. The summed E-state index contributed by atoms with van der Waals surface area (Å²) in [5.74, 6) is 0.203. The van der Waals surface area contributed by atoms with Gasteiger partial charge in [0.1, 0.15) is 11.5 Å². The molecule has 3 heterocycles. The molecule has 6 nitrogen and oxygen atoms in total. The molecule has 1 aliphatic carbocycles. The van der Waals surface area contributed by atoms with Crippen molar-refractivity contribution in [1.82, 2.24) is 14.7 Å². The molecule has 0 radical (unpaired) electrons. The van der Waals surface area contributed by atoms with Crippen LogP contribution < -0.4 is 5.43 Å². The van der Waals surface area contributed by atoms with E-state index in [-0.39, 0.29) is 41.4 Å². The molecule has 4 rings (SSSR count). The van der Waals surface area contributed by atoms with E-state index in [2.05, 4.69) is 36.9 Å². The van der Waals surface area contributed by atoms with E-state index in [1.165, 1.54) is 0 Å². The first-order chi connectivity index (χ1) is 11.2. The lowest BCUT2D eigenvalue weighted by Crippen LogP contribution is -2.55. The van der Waals surface area contributed by atoms with Gasteiger partial charge in [-0.25, -0.2) is 5.43 Å². The van der Waals surface area contributed by atoms with Crippen LogP contribution in [0.15, 0.2) is 24.3 Å². The molecular formula is C15H21N3O3S2. The summed E-state index contributed by atoms with van der Waals surface area (Å²) in [4.78, 5) is 14.8. The zero-order chi connectivity index (χ0) is 16.0. The maximum Gasteiger partial charge on any atom is 0.243 e. The maximum absolute atomic E-state index is 13.0. The van der Waals surface area contributed by atoms with Gasteiger partial charge in [-0.1, -0.05) is 37.1 Å². The van der Waals surface area contributed by atoms with Crippen molar-refractivity contribution in [2.75, 3.05) is 26.3 Å². The van der Waals surface area contributed by atoms with Crippen molar-refractivity contribution in [3.63, 3.8) is 0 Å². The third-order valence-electron chi connectivity index (χ3n) is 5.06. The van der Waals surface area contributed by atoms with Crippen LogP contribution in [-0.4, -0.2) is 65.1 Å². The summed E-state index contributed by atoms with van der Waals surface area (Å²) in [6.07, 6.45) is 8.20. The van der Waals surface area contributed by atoms with Gasteiger partial charge in [0, 0.05) is 31.0 Å². The van der Waals surface area contributed by atoms with Crippen LogP contribution in [0.5, 0.6) is 0 Å². The lowest BCUT2D eigenvalue weighted by Gasteiger charge is -2.42. The van der Waals surface area contributed by atoms with Gasteiger partial charge in [0.05, 0.1) is 19.3 Å². The van der Waals surface area contributed by atoms with E-state index in [0.29, 0.717) is 26.3 Å². The molecule has 126 valence electrons. The number of thiol groups is 2. The number of rotatable bonds is 1. The first-order valence-corrected chi connectivity index (χ1v) is 8.88. The number of fused-ring (bicyclic) bond motifs is 3. The van der Waals surface area contributed by atoms with E-state index in [4.69, 9.17) is 9.47 Å². The highest BCUT2D eigenvalue weighted by molar-refractivity contribution is 7.80. The number of hydrogen-bond acceptors (Lipinski definition) is 7. The van der Waals surface area contributed by atoms with Crippen molar-refractivity contribution in [2.45, 2.75) is 23.6 Å². The van der Waals surface area contributed by atoms with Gasteiger partial charge in [-0.2, -0.15) is 4.41 Å². The number of morpholine rings is 1. The Morgan fingerprint density at radius 2 is 1.96 bits per heavy atom. The third kappa shape index (κ3) is 2.75. The van der Waals surface area contributed by atoms with Crippen LogP contribution >= 0.6 is 25.4 Å². The van der Waals surface area contributed by atoms with Gasteiger partial charge in [0.25, 0.3) is 0 Å². The summed E-state index contributed by atoms with van der Waals surface area (Å²) in [6.45, 7) is 2.43. The molecule has 23 heavy (non-hydrogen) atoms. The molecule has 0 saturated carbocycles. The molecule has 0 bridgehead atoms. The van der Waals surface area contributed by atoms with Crippen LogP contribution in [0.3, 0.4) is 0 Å². The number of carbonyl (C=O) groups excluding carboxylic acids is 1. The van der Waals surface area contributed by atoms with Crippen molar-refractivity contribution in [1.29, 1.82) is 0 Å². The lowest BCUT2D eigenvalue weighted by atomic mass is 9.78. The average Bonchev–Trinajstić information content (AvgIpc) is 2.93. The Morgan fingerprint density at radius 3 is 2.74 bits per heavy atom. The summed E-state index contributed by atoms with van der Waals surface area (Å²) in [7, 11) is 0. The Kier molecular flexibility index (Phi) is 4.46. The number of hydrazine groups is 1. The molecule has 1 N–H and O–H groups in total. The van der Waals surface area contributed by atoms with Gasteiger partial charge in [-0.3, -0.25) is 4.79 Å². The topological polar surface area (TPSA) is 54.0 Å². The average molecular weight is 355 g/mol. The summed E-state index contributed by atoms with van der Waals surface area (Å²) in [5.41, 5.74) is 3.05. The highest BCUT2D eigenvalue weighted by atomic mass is 32.1. The summed E-state index contributed by atoms with van der Waals surface area (Å²) in [5, 5.41) is 0. The van der Waals surface area contributed by atoms with E-state index in [1.54, 1.807) is 4.41 Å². The molecule has 0 aromatic rings. The molecule has 3 aliphatic heterocycles. The van der Waals surface area contributed by atoms with Crippen molar-refractivity contribution in [3.8, 4) is 0 Å². The molecule has 0 spiro atoms. The molecule has 6 atom stereocenters. The van der Waals surface area contributed by atoms with Crippen molar-refractivity contribution in [3.05, 3.63) is 24.3 Å². The fourth-order valence-electron chi connectivity index (χ4n) is 3.91. The van der Waals surface area contributed by atoms with Crippen LogP contribution in [0.25, 0.3) is 0 Å². The van der Waals surface area contributed by atoms with E-state index in [9.17, 15) is 4.79 Å². The van der Waals surface area contributed by atoms with Crippen LogP contribution in [-0.2, 0) is 14.3 Å². The highest BCUT2D eigenvalue weighted by Crippen LogP contribution is 2.42. The van der Waals surface area contributed by atoms with Gasteiger partial charge in [-0.15, -0.1) is 12.6 Å². The maximum atomic E-state index is 13.0. The number of ether oxygens (including phenoxy) is 2. The van der Waals surface area contributed by atoms with Gasteiger partial charge in [-0.05, 0) is 0 Å². The molecule has 8 heteroatoms. The zero-order valence-corrected chi connectivity index (χ0v) is 14.4. The Hall–Kier alpha value is -0.510. The largest absolute Gasteiger partial charge is 0.378 e. The predicted octanol–water partition coefficient (Wildman–Crippen LogP) is 0.260. The monoisotopic (exact) mass is 355 g/mol. The fraction of sp³-hybridized carbons (Fsp3) is 0.667. The van der Waals surface area contributed by atoms with Crippen LogP contribution in [0.2, 0.25) is 0 Å². The van der Waals surface area contributed by atoms with Crippen LogP contribution in [0, 0.1) is 11.8 Å². The third-order valence-corrected chi connectivity index (χ3v) is 5.90. The van der Waals surface area contributed by atoms with E-state index < -0.39 is 0 Å². The molecule has 6 unspecified atom stereocenters. The van der Waals surface area contributed by atoms with E-state index >= 15 is 0 Å². The Balaban J connectivity index is 1.58. The first-order valence-electron chi connectivity index (χ1n) is 7.96. The number of nitrogens with zero attached hydrogens (tertiary/aromatic N) is 2. The second kappa shape index (κ2) is 6.42. The number of hydrogen-bond donors (Lipinski definition) is 3. The van der Waals surface area contributed by atoms with Crippen molar-refractivity contribution in [2.24, 2.45) is 11.8 Å². The Labute approximate surface area is 146 Å². The minimum absolute atomic E-state index is 0.00442. The Morgan fingerprint density at radius 1 is 1.22 bits per heavy atom. The number of carbonyl (C=O) groups is 1. The zero-order valence-electron chi connectivity index (χ0n) is 12.6. The first kappa shape index (κ1) is 16.0. The molecule has 4 aliphatic rings. The lowest BCUT2D eigenvalue weighted by molar-refractivity contribution is -0.142. The normalized spacial score (nSPS) is 43.3.